The first-order valence-corrected chi connectivity index (χ1v) is 16.6. The van der Waals surface area contributed by atoms with Crippen LogP contribution in [0.3, 0.4) is 0 Å². The van der Waals surface area contributed by atoms with Gasteiger partial charge < -0.3 is 19.7 Å². The number of carbonyl (C=O) groups is 2. The lowest BCUT2D eigenvalue weighted by atomic mass is 10.0. The fourth-order valence-corrected chi connectivity index (χ4v) is 6.52. The second-order valence-electron chi connectivity index (χ2n) is 10.6. The van der Waals surface area contributed by atoms with Crippen LogP contribution >= 0.6 is 11.6 Å². The van der Waals surface area contributed by atoms with Crippen molar-refractivity contribution in [1.82, 2.24) is 10.2 Å². The average molecular weight is 664 g/mol. The van der Waals surface area contributed by atoms with Crippen LogP contribution in [0.1, 0.15) is 23.6 Å². The highest BCUT2D eigenvalue weighted by atomic mass is 35.5. The molecule has 0 aliphatic heterocycles. The van der Waals surface area contributed by atoms with E-state index < -0.39 is 28.5 Å². The van der Waals surface area contributed by atoms with Gasteiger partial charge in [-0.3, -0.25) is 13.9 Å². The van der Waals surface area contributed by atoms with E-state index in [1.165, 1.54) is 37.3 Å². The largest absolute Gasteiger partial charge is 0.497 e. The Kier molecular flexibility index (Phi) is 11.7. The number of amides is 2. The summed E-state index contributed by atoms with van der Waals surface area (Å²) in [6, 6.07) is 26.4. The molecule has 0 bridgehead atoms. The van der Waals surface area contributed by atoms with Gasteiger partial charge in [-0.2, -0.15) is 0 Å². The number of aryl methyl sites for hydroxylation is 1. The zero-order valence-corrected chi connectivity index (χ0v) is 27.8. The molecule has 46 heavy (non-hydrogen) atoms. The molecule has 0 aromatic heterocycles. The van der Waals surface area contributed by atoms with Gasteiger partial charge >= 0.3 is 0 Å². The van der Waals surface area contributed by atoms with E-state index in [2.05, 4.69) is 5.32 Å². The number of nitrogens with one attached hydrogen (secondary N) is 1. The summed E-state index contributed by atoms with van der Waals surface area (Å²) in [7, 11) is -1.44. The Morgan fingerprint density at radius 2 is 1.54 bits per heavy atom. The molecule has 1 N–H and O–H groups in total. The van der Waals surface area contributed by atoms with E-state index in [1.807, 2.05) is 37.3 Å². The molecule has 2 amide bonds. The first-order chi connectivity index (χ1) is 22.1. The van der Waals surface area contributed by atoms with Gasteiger partial charge in [-0.25, -0.2) is 8.42 Å². The molecule has 0 fully saturated rings. The van der Waals surface area contributed by atoms with E-state index in [-0.39, 0.29) is 35.2 Å². The lowest BCUT2D eigenvalue weighted by molar-refractivity contribution is -0.140. The monoisotopic (exact) mass is 663 g/mol. The third kappa shape index (κ3) is 8.38. The van der Waals surface area contributed by atoms with E-state index in [0.29, 0.717) is 22.9 Å². The van der Waals surface area contributed by atoms with Crippen LogP contribution in [0.25, 0.3) is 0 Å². The predicted molar refractivity (Wildman–Crippen MR) is 180 cm³/mol. The predicted octanol–water partition coefficient (Wildman–Crippen LogP) is 5.64. The lowest BCUT2D eigenvalue weighted by Gasteiger charge is -2.34. The number of rotatable bonds is 14. The van der Waals surface area contributed by atoms with Crippen LogP contribution in [0.5, 0.6) is 11.5 Å². The van der Waals surface area contributed by atoms with Crippen molar-refractivity contribution in [3.8, 4) is 11.5 Å². The number of sulfonamides is 1. The van der Waals surface area contributed by atoms with Crippen molar-refractivity contribution in [2.75, 3.05) is 31.6 Å². The molecule has 0 aliphatic rings. The Labute approximate surface area is 275 Å². The number of hydrogen-bond donors (Lipinski definition) is 1. The van der Waals surface area contributed by atoms with Crippen molar-refractivity contribution in [3.05, 3.63) is 119 Å². The standard InChI is InChI=1S/C35H38ClN3O6S/c1-5-37-35(41)32(21-26-9-7-6-8-10-26)38(23-27-13-15-28(36)16-14-27)34(40)24-39(31-22-29(44-3)17-20-33(31)45-4)46(42,43)30-18-11-25(2)12-19-30/h6-20,22,32H,5,21,23-24H2,1-4H3,(H,37,41). The molecule has 0 radical (unpaired) electrons. The molecule has 0 aliphatic carbocycles. The highest BCUT2D eigenvalue weighted by Crippen LogP contribution is 2.36. The van der Waals surface area contributed by atoms with E-state index in [0.717, 1.165) is 15.4 Å². The summed E-state index contributed by atoms with van der Waals surface area (Å²) < 4.78 is 40.6. The number of halogens is 1. The summed E-state index contributed by atoms with van der Waals surface area (Å²) in [5.74, 6) is -0.365. The van der Waals surface area contributed by atoms with Crippen molar-refractivity contribution >= 4 is 39.1 Å². The average Bonchev–Trinajstić information content (AvgIpc) is 3.06. The highest BCUT2D eigenvalue weighted by Gasteiger charge is 2.35. The summed E-state index contributed by atoms with van der Waals surface area (Å²) in [5, 5.41) is 3.37. The second-order valence-corrected chi connectivity index (χ2v) is 12.9. The smallest absolute Gasteiger partial charge is 0.264 e. The van der Waals surface area contributed by atoms with Crippen LogP contribution in [0.15, 0.2) is 102 Å². The van der Waals surface area contributed by atoms with Crippen LogP contribution in [0, 0.1) is 6.92 Å². The van der Waals surface area contributed by atoms with Crippen molar-refractivity contribution in [2.45, 2.75) is 37.8 Å². The minimum absolute atomic E-state index is 0.00964. The molecule has 0 saturated heterocycles. The van der Waals surface area contributed by atoms with Gasteiger partial charge in [-0.05, 0) is 61.4 Å². The SMILES string of the molecule is CCNC(=O)C(Cc1ccccc1)N(Cc1ccc(Cl)cc1)C(=O)CN(c1cc(OC)ccc1OC)S(=O)(=O)c1ccc(C)cc1. The topological polar surface area (TPSA) is 105 Å². The number of benzene rings is 4. The van der Waals surface area contributed by atoms with Crippen molar-refractivity contribution in [2.24, 2.45) is 0 Å². The number of carbonyl (C=O) groups excluding carboxylic acids is 2. The Morgan fingerprint density at radius 3 is 2.15 bits per heavy atom. The zero-order chi connectivity index (χ0) is 33.3. The number of ether oxygens (including phenoxy) is 2. The van der Waals surface area contributed by atoms with Crippen LogP contribution in [-0.2, 0) is 32.6 Å². The number of methoxy groups -OCH3 is 2. The number of likely N-dealkylation sites (N-methyl/N-ethyl adjacent to an activating group) is 1. The van der Waals surface area contributed by atoms with Crippen LogP contribution in [0.4, 0.5) is 5.69 Å². The maximum atomic E-state index is 14.6. The maximum absolute atomic E-state index is 14.6. The minimum Gasteiger partial charge on any atom is -0.497 e. The number of nitrogens with zero attached hydrogens (tertiary/aromatic N) is 2. The molecule has 11 heteroatoms. The van der Waals surface area contributed by atoms with Gasteiger partial charge in [0.05, 0.1) is 24.8 Å². The van der Waals surface area contributed by atoms with Gasteiger partial charge in [0.15, 0.2) is 0 Å². The first-order valence-electron chi connectivity index (χ1n) is 14.7. The Bertz CT molecular complexity index is 1730. The van der Waals surface area contributed by atoms with E-state index in [1.54, 1.807) is 55.5 Å². The van der Waals surface area contributed by atoms with E-state index in [9.17, 15) is 18.0 Å². The van der Waals surface area contributed by atoms with Gasteiger partial charge in [0.1, 0.15) is 24.1 Å². The maximum Gasteiger partial charge on any atom is 0.264 e. The zero-order valence-electron chi connectivity index (χ0n) is 26.3. The summed E-state index contributed by atoms with van der Waals surface area (Å²) >= 11 is 6.14. The molecule has 9 nitrogen and oxygen atoms in total. The molecule has 242 valence electrons. The fourth-order valence-electron chi connectivity index (χ4n) is 4.97. The molecule has 4 rings (SSSR count). The molecule has 4 aromatic carbocycles. The van der Waals surface area contributed by atoms with Crippen molar-refractivity contribution in [3.63, 3.8) is 0 Å². The number of hydrogen-bond acceptors (Lipinski definition) is 6. The van der Waals surface area contributed by atoms with Gasteiger partial charge in [0.2, 0.25) is 11.8 Å². The Hall–Kier alpha value is -4.54. The molecule has 1 unspecified atom stereocenters. The summed E-state index contributed by atoms with van der Waals surface area (Å²) in [6.45, 7) is 3.40. The molecule has 0 saturated carbocycles. The first kappa shape index (κ1) is 34.3. The third-order valence-electron chi connectivity index (χ3n) is 7.43. The summed E-state index contributed by atoms with van der Waals surface area (Å²) in [4.78, 5) is 29.6. The number of anilines is 1. The second kappa shape index (κ2) is 15.6. The normalized spacial score (nSPS) is 11.8. The Balaban J connectivity index is 1.85. The summed E-state index contributed by atoms with van der Waals surface area (Å²) in [5.41, 5.74) is 2.54. The van der Waals surface area contributed by atoms with Crippen molar-refractivity contribution in [1.29, 1.82) is 0 Å². The molecular weight excluding hydrogens is 626 g/mol. The van der Waals surface area contributed by atoms with Crippen LogP contribution < -0.4 is 19.1 Å². The fraction of sp³-hybridized carbons (Fsp3) is 0.257. The molecule has 0 spiro atoms. The van der Waals surface area contributed by atoms with Crippen molar-refractivity contribution < 1.29 is 27.5 Å². The third-order valence-corrected chi connectivity index (χ3v) is 9.46. The molecule has 0 heterocycles. The molecular formula is C35H38ClN3O6S. The van der Waals surface area contributed by atoms with Crippen LogP contribution in [0.2, 0.25) is 5.02 Å². The van der Waals surface area contributed by atoms with Gasteiger partial charge in [0.25, 0.3) is 10.0 Å². The highest BCUT2D eigenvalue weighted by molar-refractivity contribution is 7.92. The summed E-state index contributed by atoms with van der Waals surface area (Å²) in [6.07, 6.45) is 0.208. The molecule has 1 atom stereocenters. The van der Waals surface area contributed by atoms with Gasteiger partial charge in [-0.15, -0.1) is 0 Å². The molecule has 4 aromatic rings. The van der Waals surface area contributed by atoms with Crippen LogP contribution in [-0.4, -0.2) is 58.5 Å². The Morgan fingerprint density at radius 1 is 0.870 bits per heavy atom. The van der Waals surface area contributed by atoms with E-state index >= 15 is 0 Å². The minimum atomic E-state index is -4.32. The lowest BCUT2D eigenvalue weighted by Crippen LogP contribution is -2.53. The van der Waals surface area contributed by atoms with Gasteiger partial charge in [-0.1, -0.05) is 71.8 Å². The van der Waals surface area contributed by atoms with Gasteiger partial charge in [0, 0.05) is 30.6 Å². The van der Waals surface area contributed by atoms with E-state index in [4.69, 9.17) is 21.1 Å². The quantitative estimate of drug-likeness (QED) is 0.187.